The van der Waals surface area contributed by atoms with E-state index >= 15 is 0 Å². The maximum absolute atomic E-state index is 13.1. The molecular weight excluding hydrogens is 321 g/mol. The molecule has 0 aromatic heterocycles. The van der Waals surface area contributed by atoms with Gasteiger partial charge in [0.25, 0.3) is 0 Å². The van der Waals surface area contributed by atoms with Gasteiger partial charge in [-0.15, -0.1) is 0 Å². The van der Waals surface area contributed by atoms with Crippen LogP contribution in [0.4, 0.5) is 4.39 Å². The Morgan fingerprint density at radius 2 is 2.10 bits per heavy atom. The Balaban J connectivity index is 1.95. The molecule has 2 aromatic carbocycles. The molecule has 104 valence electrons. The molecule has 2 aromatic rings. The Kier molecular flexibility index (Phi) is 3.52. The van der Waals surface area contributed by atoms with E-state index in [2.05, 4.69) is 28.9 Å². The summed E-state index contributed by atoms with van der Waals surface area (Å²) in [5, 5.41) is 0. The lowest BCUT2D eigenvalue weighted by Gasteiger charge is -2.15. The molecule has 0 radical (unpaired) electrons. The van der Waals surface area contributed by atoms with E-state index in [4.69, 9.17) is 10.5 Å². The number of fused-ring (bicyclic) bond motifs is 1. The van der Waals surface area contributed by atoms with Gasteiger partial charge in [0.2, 0.25) is 0 Å². The predicted octanol–water partition coefficient (Wildman–Crippen LogP) is 3.96. The van der Waals surface area contributed by atoms with E-state index in [9.17, 15) is 4.39 Å². The van der Waals surface area contributed by atoms with Gasteiger partial charge in [0.1, 0.15) is 17.7 Å². The predicted molar refractivity (Wildman–Crippen MR) is 80.4 cm³/mol. The van der Waals surface area contributed by atoms with Crippen LogP contribution < -0.4 is 10.5 Å². The molecule has 2 unspecified atom stereocenters. The largest absolute Gasteiger partial charge is 0.490 e. The third-order valence-corrected chi connectivity index (χ3v) is 4.26. The molecular formula is C16H15BrFNO. The summed E-state index contributed by atoms with van der Waals surface area (Å²) in [6, 6.07) is 10.3. The van der Waals surface area contributed by atoms with Gasteiger partial charge in [-0.25, -0.2) is 4.39 Å². The molecule has 0 spiro atoms. The first-order chi connectivity index (χ1) is 9.54. The van der Waals surface area contributed by atoms with Crippen molar-refractivity contribution >= 4 is 15.9 Å². The minimum atomic E-state index is -0.286. The Morgan fingerprint density at radius 1 is 1.30 bits per heavy atom. The van der Waals surface area contributed by atoms with Crippen LogP contribution in [-0.2, 0) is 6.42 Å². The fourth-order valence-corrected chi connectivity index (χ4v) is 3.17. The summed E-state index contributed by atoms with van der Waals surface area (Å²) >= 11 is 3.37. The number of halogens is 2. The minimum absolute atomic E-state index is 0.217. The summed E-state index contributed by atoms with van der Waals surface area (Å²) in [6.45, 7) is 2.05. The van der Waals surface area contributed by atoms with Crippen molar-refractivity contribution in [2.45, 2.75) is 25.5 Å². The molecule has 2 N–H and O–H groups in total. The van der Waals surface area contributed by atoms with E-state index in [0.29, 0.717) is 4.47 Å². The molecule has 4 heteroatoms. The van der Waals surface area contributed by atoms with E-state index in [1.165, 1.54) is 17.7 Å². The van der Waals surface area contributed by atoms with Crippen LogP contribution in [0.15, 0.2) is 40.9 Å². The molecule has 1 heterocycles. The second kappa shape index (κ2) is 5.19. The number of nitrogens with two attached hydrogens (primary N) is 1. The van der Waals surface area contributed by atoms with Crippen molar-refractivity contribution in [3.63, 3.8) is 0 Å². The Hall–Kier alpha value is -1.39. The summed E-state index contributed by atoms with van der Waals surface area (Å²) in [6.07, 6.45) is 1.12. The second-order valence-corrected chi connectivity index (χ2v) is 6.00. The summed E-state index contributed by atoms with van der Waals surface area (Å²) in [4.78, 5) is 0. The standard InChI is InChI=1S/C16H15BrFNO/c1-9-6-11-7-10(2-5-15(11)20-9)16(19)13-4-3-12(18)8-14(13)17/h2-5,7-9,16H,6,19H2,1H3. The maximum atomic E-state index is 13.1. The van der Waals surface area contributed by atoms with Crippen LogP contribution in [0, 0.1) is 5.82 Å². The van der Waals surface area contributed by atoms with Gasteiger partial charge >= 0.3 is 0 Å². The highest BCUT2D eigenvalue weighted by Gasteiger charge is 2.21. The Labute approximate surface area is 125 Å². The molecule has 0 saturated carbocycles. The number of ether oxygens (including phenoxy) is 1. The van der Waals surface area contributed by atoms with Gasteiger partial charge in [0.15, 0.2) is 0 Å². The first kappa shape index (κ1) is 13.6. The molecule has 2 nitrogen and oxygen atoms in total. The van der Waals surface area contributed by atoms with E-state index < -0.39 is 0 Å². The fraction of sp³-hybridized carbons (Fsp3) is 0.250. The molecule has 20 heavy (non-hydrogen) atoms. The van der Waals surface area contributed by atoms with Gasteiger partial charge in [-0.05, 0) is 41.8 Å². The zero-order valence-electron chi connectivity index (χ0n) is 11.1. The normalized spacial score (nSPS) is 18.5. The second-order valence-electron chi connectivity index (χ2n) is 5.14. The van der Waals surface area contributed by atoms with Crippen LogP contribution >= 0.6 is 15.9 Å². The minimum Gasteiger partial charge on any atom is -0.490 e. The molecule has 0 aliphatic carbocycles. The quantitative estimate of drug-likeness (QED) is 0.901. The molecule has 1 aliphatic heterocycles. The van der Waals surface area contributed by atoms with Crippen LogP contribution in [0.1, 0.15) is 29.7 Å². The fourth-order valence-electron chi connectivity index (χ4n) is 2.57. The van der Waals surface area contributed by atoms with Gasteiger partial charge < -0.3 is 10.5 Å². The lowest BCUT2D eigenvalue weighted by Crippen LogP contribution is -2.12. The molecule has 0 amide bonds. The van der Waals surface area contributed by atoms with Crippen LogP contribution in [0.3, 0.4) is 0 Å². The number of hydrogen-bond acceptors (Lipinski definition) is 2. The van der Waals surface area contributed by atoms with Crippen molar-refractivity contribution in [3.05, 3.63) is 63.4 Å². The SMILES string of the molecule is CC1Cc2cc(C(N)c3ccc(F)cc3Br)ccc2O1. The molecule has 0 fully saturated rings. The van der Waals surface area contributed by atoms with E-state index in [1.54, 1.807) is 6.07 Å². The van der Waals surface area contributed by atoms with Gasteiger partial charge in [0, 0.05) is 10.9 Å². The molecule has 0 bridgehead atoms. The van der Waals surface area contributed by atoms with Crippen molar-refractivity contribution in [2.24, 2.45) is 5.73 Å². The van der Waals surface area contributed by atoms with Crippen molar-refractivity contribution in [1.82, 2.24) is 0 Å². The number of hydrogen-bond donors (Lipinski definition) is 1. The van der Waals surface area contributed by atoms with Crippen LogP contribution in [0.25, 0.3) is 0 Å². The maximum Gasteiger partial charge on any atom is 0.124 e. The highest BCUT2D eigenvalue weighted by Crippen LogP contribution is 2.33. The summed E-state index contributed by atoms with van der Waals surface area (Å²) < 4.78 is 19.5. The van der Waals surface area contributed by atoms with Gasteiger partial charge in [0.05, 0.1) is 6.04 Å². The first-order valence-corrected chi connectivity index (χ1v) is 7.34. The molecule has 2 atom stereocenters. The highest BCUT2D eigenvalue weighted by atomic mass is 79.9. The smallest absolute Gasteiger partial charge is 0.124 e. The van der Waals surface area contributed by atoms with E-state index in [-0.39, 0.29) is 18.0 Å². The first-order valence-electron chi connectivity index (χ1n) is 6.54. The van der Waals surface area contributed by atoms with E-state index in [1.807, 2.05) is 12.1 Å². The average molecular weight is 336 g/mol. The third kappa shape index (κ3) is 2.45. The topological polar surface area (TPSA) is 35.2 Å². The highest BCUT2D eigenvalue weighted by molar-refractivity contribution is 9.10. The zero-order valence-corrected chi connectivity index (χ0v) is 12.7. The number of benzene rings is 2. The summed E-state index contributed by atoms with van der Waals surface area (Å²) in [7, 11) is 0. The lowest BCUT2D eigenvalue weighted by molar-refractivity contribution is 0.254. The van der Waals surface area contributed by atoms with Gasteiger partial charge in [-0.2, -0.15) is 0 Å². The summed E-state index contributed by atoms with van der Waals surface area (Å²) in [5.74, 6) is 0.663. The monoisotopic (exact) mass is 335 g/mol. The van der Waals surface area contributed by atoms with Crippen LogP contribution in [0.5, 0.6) is 5.75 Å². The molecule has 0 saturated heterocycles. The lowest BCUT2D eigenvalue weighted by atomic mass is 9.97. The molecule has 1 aliphatic rings. The van der Waals surface area contributed by atoms with E-state index in [0.717, 1.165) is 23.3 Å². The summed E-state index contributed by atoms with van der Waals surface area (Å²) in [5.41, 5.74) is 9.37. The van der Waals surface area contributed by atoms with Gasteiger partial charge in [-0.1, -0.05) is 34.1 Å². The zero-order chi connectivity index (χ0) is 14.3. The van der Waals surface area contributed by atoms with Crippen LogP contribution in [-0.4, -0.2) is 6.10 Å². The Bertz CT molecular complexity index is 659. The number of rotatable bonds is 2. The average Bonchev–Trinajstić information content (AvgIpc) is 2.77. The van der Waals surface area contributed by atoms with Crippen molar-refractivity contribution in [3.8, 4) is 5.75 Å². The van der Waals surface area contributed by atoms with Gasteiger partial charge in [-0.3, -0.25) is 0 Å². The molecule has 3 rings (SSSR count). The Morgan fingerprint density at radius 3 is 2.85 bits per heavy atom. The van der Waals surface area contributed by atoms with Crippen LogP contribution in [0.2, 0.25) is 0 Å². The van der Waals surface area contributed by atoms with Crippen molar-refractivity contribution < 1.29 is 9.13 Å². The van der Waals surface area contributed by atoms with Crippen molar-refractivity contribution in [2.75, 3.05) is 0 Å². The van der Waals surface area contributed by atoms with Crippen molar-refractivity contribution in [1.29, 1.82) is 0 Å². The third-order valence-electron chi connectivity index (χ3n) is 3.58.